The molecule has 0 aliphatic carbocycles. The van der Waals surface area contributed by atoms with Crippen molar-refractivity contribution in [2.24, 2.45) is 0 Å². The van der Waals surface area contributed by atoms with E-state index in [2.05, 4.69) is 9.97 Å². The number of carbonyl (C=O) groups is 1. The third kappa shape index (κ3) is 4.03. The molecular formula is C19H19N3O2S. The van der Waals surface area contributed by atoms with Gasteiger partial charge < -0.3 is 10.0 Å². The average Bonchev–Trinajstić information content (AvgIpc) is 3.01. The van der Waals surface area contributed by atoms with Crippen molar-refractivity contribution < 1.29 is 9.90 Å². The van der Waals surface area contributed by atoms with Gasteiger partial charge in [0.1, 0.15) is 5.75 Å². The molecule has 0 saturated carbocycles. The second-order valence-corrected chi connectivity index (χ2v) is 6.79. The molecule has 1 amide bonds. The molecule has 0 atom stereocenters. The molecule has 0 bridgehead atoms. The van der Waals surface area contributed by atoms with E-state index in [4.69, 9.17) is 0 Å². The highest BCUT2D eigenvalue weighted by Crippen LogP contribution is 2.23. The van der Waals surface area contributed by atoms with Crippen molar-refractivity contribution in [2.75, 3.05) is 0 Å². The Bertz CT molecular complexity index is 877. The number of aromatic nitrogens is 2. The number of aromatic hydroxyl groups is 1. The quantitative estimate of drug-likeness (QED) is 0.759. The number of amides is 1. The van der Waals surface area contributed by atoms with E-state index >= 15 is 0 Å². The molecule has 1 N–H and O–H groups in total. The second-order valence-electron chi connectivity index (χ2n) is 5.85. The summed E-state index contributed by atoms with van der Waals surface area (Å²) in [6, 6.07) is 11.4. The molecule has 0 aliphatic rings. The number of nitrogens with zero attached hydrogens (tertiary/aromatic N) is 3. The van der Waals surface area contributed by atoms with Gasteiger partial charge in [0.2, 0.25) is 0 Å². The molecule has 0 radical (unpaired) electrons. The SMILES string of the molecule is Cc1cc(C(=O)N(Cc2ccccc2)Cc2scnc2C)c(O)cn1. The van der Waals surface area contributed by atoms with Crippen LogP contribution in [0.2, 0.25) is 0 Å². The van der Waals surface area contributed by atoms with E-state index in [0.29, 0.717) is 18.8 Å². The Kier molecular flexibility index (Phi) is 5.09. The van der Waals surface area contributed by atoms with Gasteiger partial charge in [0.05, 0.1) is 29.5 Å². The number of hydrogen-bond acceptors (Lipinski definition) is 5. The van der Waals surface area contributed by atoms with Crippen LogP contribution in [0, 0.1) is 13.8 Å². The Balaban J connectivity index is 1.93. The van der Waals surface area contributed by atoms with E-state index in [1.165, 1.54) is 17.5 Å². The normalized spacial score (nSPS) is 10.6. The maximum atomic E-state index is 13.1. The fourth-order valence-corrected chi connectivity index (χ4v) is 3.34. The smallest absolute Gasteiger partial charge is 0.258 e. The Morgan fingerprint density at radius 1 is 1.16 bits per heavy atom. The molecule has 25 heavy (non-hydrogen) atoms. The molecule has 0 spiro atoms. The molecule has 0 fully saturated rings. The number of thiazole rings is 1. The predicted octanol–water partition coefficient (Wildman–Crippen LogP) is 3.70. The first-order chi connectivity index (χ1) is 12.0. The fraction of sp³-hybridized carbons (Fsp3) is 0.211. The van der Waals surface area contributed by atoms with Crippen LogP contribution in [0.4, 0.5) is 0 Å². The summed E-state index contributed by atoms with van der Waals surface area (Å²) < 4.78 is 0. The van der Waals surface area contributed by atoms with E-state index in [0.717, 1.165) is 16.1 Å². The summed E-state index contributed by atoms with van der Waals surface area (Å²) >= 11 is 1.53. The van der Waals surface area contributed by atoms with E-state index in [1.807, 2.05) is 37.3 Å². The molecule has 2 aromatic heterocycles. The minimum absolute atomic E-state index is 0.102. The molecule has 1 aromatic carbocycles. The Hall–Kier alpha value is -2.73. The Morgan fingerprint density at radius 3 is 2.60 bits per heavy atom. The average molecular weight is 353 g/mol. The number of aryl methyl sites for hydroxylation is 2. The van der Waals surface area contributed by atoms with Crippen LogP contribution in [-0.4, -0.2) is 25.9 Å². The molecule has 0 unspecified atom stereocenters. The molecule has 128 valence electrons. The van der Waals surface area contributed by atoms with Crippen LogP contribution in [0.15, 0.2) is 48.1 Å². The summed E-state index contributed by atoms with van der Waals surface area (Å²) in [4.78, 5) is 24.1. The molecule has 2 heterocycles. The largest absolute Gasteiger partial charge is 0.505 e. The topological polar surface area (TPSA) is 66.3 Å². The lowest BCUT2D eigenvalue weighted by molar-refractivity contribution is 0.0728. The molecule has 6 heteroatoms. The minimum atomic E-state index is -0.223. The van der Waals surface area contributed by atoms with Crippen molar-refractivity contribution in [3.63, 3.8) is 0 Å². The third-order valence-corrected chi connectivity index (χ3v) is 4.85. The third-order valence-electron chi connectivity index (χ3n) is 3.93. The summed E-state index contributed by atoms with van der Waals surface area (Å²) in [6.07, 6.45) is 1.32. The number of rotatable bonds is 5. The fourth-order valence-electron chi connectivity index (χ4n) is 2.55. The lowest BCUT2D eigenvalue weighted by atomic mass is 10.1. The number of hydrogen-bond donors (Lipinski definition) is 1. The standard InChI is InChI=1S/C19H19N3O2S/c1-13-8-16(17(23)9-20-13)19(24)22(10-15-6-4-3-5-7-15)11-18-14(2)21-12-25-18/h3-9,12,23H,10-11H2,1-2H3. The van der Waals surface area contributed by atoms with Gasteiger partial charge in [-0.05, 0) is 25.5 Å². The number of carbonyl (C=O) groups excluding carboxylic acids is 1. The van der Waals surface area contributed by atoms with Crippen LogP contribution >= 0.6 is 11.3 Å². The lowest BCUT2D eigenvalue weighted by Crippen LogP contribution is -2.30. The zero-order valence-corrected chi connectivity index (χ0v) is 15.0. The number of pyridine rings is 1. The zero-order valence-electron chi connectivity index (χ0n) is 14.1. The van der Waals surface area contributed by atoms with Gasteiger partial charge in [0.25, 0.3) is 5.91 Å². The van der Waals surface area contributed by atoms with Gasteiger partial charge >= 0.3 is 0 Å². The highest BCUT2D eigenvalue weighted by molar-refractivity contribution is 7.09. The zero-order chi connectivity index (χ0) is 17.8. The molecule has 3 aromatic rings. The van der Waals surface area contributed by atoms with Crippen LogP contribution in [0.3, 0.4) is 0 Å². The van der Waals surface area contributed by atoms with E-state index in [1.54, 1.807) is 23.4 Å². The van der Waals surface area contributed by atoms with Gasteiger partial charge in [-0.25, -0.2) is 4.98 Å². The number of benzene rings is 1. The maximum Gasteiger partial charge on any atom is 0.258 e. The van der Waals surface area contributed by atoms with E-state index in [9.17, 15) is 9.90 Å². The molecule has 0 saturated heterocycles. The van der Waals surface area contributed by atoms with Crippen molar-refractivity contribution in [1.29, 1.82) is 0 Å². The monoisotopic (exact) mass is 353 g/mol. The van der Waals surface area contributed by atoms with Crippen LogP contribution in [0.5, 0.6) is 5.75 Å². The summed E-state index contributed by atoms with van der Waals surface area (Å²) in [5, 5.41) is 10.1. The summed E-state index contributed by atoms with van der Waals surface area (Å²) in [6.45, 7) is 4.64. The van der Waals surface area contributed by atoms with E-state index in [-0.39, 0.29) is 17.2 Å². The highest BCUT2D eigenvalue weighted by Gasteiger charge is 2.21. The van der Waals surface area contributed by atoms with Crippen molar-refractivity contribution in [1.82, 2.24) is 14.9 Å². The van der Waals surface area contributed by atoms with Crippen LogP contribution in [-0.2, 0) is 13.1 Å². The minimum Gasteiger partial charge on any atom is -0.505 e. The lowest BCUT2D eigenvalue weighted by Gasteiger charge is -2.23. The molecule has 5 nitrogen and oxygen atoms in total. The Morgan fingerprint density at radius 2 is 1.92 bits per heavy atom. The maximum absolute atomic E-state index is 13.1. The molecule has 3 rings (SSSR count). The van der Waals surface area contributed by atoms with Crippen molar-refractivity contribution in [3.05, 3.63) is 75.5 Å². The van der Waals surface area contributed by atoms with Crippen molar-refractivity contribution in [2.45, 2.75) is 26.9 Å². The highest BCUT2D eigenvalue weighted by atomic mass is 32.1. The van der Waals surface area contributed by atoms with Gasteiger partial charge in [-0.3, -0.25) is 9.78 Å². The van der Waals surface area contributed by atoms with Gasteiger partial charge in [-0.1, -0.05) is 30.3 Å². The van der Waals surface area contributed by atoms with E-state index < -0.39 is 0 Å². The van der Waals surface area contributed by atoms with Crippen molar-refractivity contribution >= 4 is 17.2 Å². The van der Waals surface area contributed by atoms with Crippen LogP contribution in [0.1, 0.15) is 32.2 Å². The summed E-state index contributed by atoms with van der Waals surface area (Å²) in [5.74, 6) is -0.325. The van der Waals surface area contributed by atoms with Crippen molar-refractivity contribution in [3.8, 4) is 5.75 Å². The van der Waals surface area contributed by atoms with Crippen LogP contribution in [0.25, 0.3) is 0 Å². The van der Waals surface area contributed by atoms with Gasteiger partial charge in [-0.2, -0.15) is 0 Å². The van der Waals surface area contributed by atoms with Gasteiger partial charge in [-0.15, -0.1) is 11.3 Å². The molecular weight excluding hydrogens is 334 g/mol. The second kappa shape index (κ2) is 7.44. The Labute approximate surface area is 150 Å². The summed E-state index contributed by atoms with van der Waals surface area (Å²) in [5.41, 5.74) is 4.69. The predicted molar refractivity (Wildman–Crippen MR) is 97.5 cm³/mol. The van der Waals surface area contributed by atoms with Gasteiger partial charge in [0, 0.05) is 17.1 Å². The van der Waals surface area contributed by atoms with Crippen LogP contribution < -0.4 is 0 Å². The first kappa shape index (κ1) is 17.1. The summed E-state index contributed by atoms with van der Waals surface area (Å²) in [7, 11) is 0. The first-order valence-electron chi connectivity index (χ1n) is 7.92. The van der Waals surface area contributed by atoms with Gasteiger partial charge in [0.15, 0.2) is 0 Å². The first-order valence-corrected chi connectivity index (χ1v) is 8.80. The molecule has 0 aliphatic heterocycles.